The average Bonchev–Trinajstić information content (AvgIpc) is 2.45. The van der Waals surface area contributed by atoms with Gasteiger partial charge in [0, 0.05) is 0 Å². The highest BCUT2D eigenvalue weighted by Gasteiger charge is 2.26. The standard InChI is InChI=1S/C20H27ClO/c1-15(8-6-9-17(3)19(21)14-22)11-12-18-16(2)10-7-13-20(18,4)5/h6,8-9,11-12,14H,7,10,13H2,1-5H3/b9-6-,12-11+,15-8+,19-17-. The molecule has 0 N–H and O–H groups in total. The molecule has 0 spiro atoms. The van der Waals surface area contributed by atoms with E-state index in [-0.39, 0.29) is 10.4 Å². The third kappa shape index (κ3) is 5.46. The third-order valence-electron chi connectivity index (χ3n) is 4.24. The Labute approximate surface area is 140 Å². The fourth-order valence-corrected chi connectivity index (χ4v) is 2.86. The van der Waals surface area contributed by atoms with Crippen LogP contribution < -0.4 is 0 Å². The van der Waals surface area contributed by atoms with Crippen LogP contribution in [-0.4, -0.2) is 6.29 Å². The van der Waals surface area contributed by atoms with Crippen LogP contribution in [0.25, 0.3) is 0 Å². The lowest BCUT2D eigenvalue weighted by atomic mass is 9.72. The van der Waals surface area contributed by atoms with Gasteiger partial charge >= 0.3 is 0 Å². The maximum Gasteiger partial charge on any atom is 0.161 e. The van der Waals surface area contributed by atoms with Gasteiger partial charge in [-0.1, -0.05) is 67.0 Å². The van der Waals surface area contributed by atoms with Crippen molar-refractivity contribution in [3.05, 3.63) is 57.7 Å². The van der Waals surface area contributed by atoms with Gasteiger partial charge in [0.2, 0.25) is 0 Å². The molecule has 1 aliphatic rings. The Balaban J connectivity index is 2.84. The smallest absolute Gasteiger partial charge is 0.161 e. The molecule has 0 saturated heterocycles. The quantitative estimate of drug-likeness (QED) is 0.331. The number of halogens is 1. The van der Waals surface area contributed by atoms with Crippen molar-refractivity contribution in [3.8, 4) is 0 Å². The predicted octanol–water partition coefficient (Wildman–Crippen LogP) is 6.28. The van der Waals surface area contributed by atoms with Crippen molar-refractivity contribution in [2.75, 3.05) is 0 Å². The predicted molar refractivity (Wildman–Crippen MR) is 97.0 cm³/mol. The molecule has 0 saturated carbocycles. The van der Waals surface area contributed by atoms with Crippen LogP contribution >= 0.6 is 11.6 Å². The Morgan fingerprint density at radius 3 is 2.50 bits per heavy atom. The maximum atomic E-state index is 10.6. The molecule has 0 aliphatic heterocycles. The first-order valence-electron chi connectivity index (χ1n) is 7.83. The molecule has 120 valence electrons. The van der Waals surface area contributed by atoms with Crippen LogP contribution in [0.15, 0.2) is 57.7 Å². The van der Waals surface area contributed by atoms with E-state index in [1.54, 1.807) is 0 Å². The van der Waals surface area contributed by atoms with E-state index in [2.05, 4.69) is 39.8 Å². The zero-order valence-corrected chi connectivity index (χ0v) is 15.1. The number of rotatable bonds is 5. The summed E-state index contributed by atoms with van der Waals surface area (Å²) < 4.78 is 0. The number of allylic oxidation sites excluding steroid dienone is 10. The van der Waals surface area contributed by atoms with E-state index in [4.69, 9.17) is 11.6 Å². The molecule has 0 aromatic carbocycles. The monoisotopic (exact) mass is 318 g/mol. The molecule has 0 unspecified atom stereocenters. The van der Waals surface area contributed by atoms with Crippen LogP contribution in [0.3, 0.4) is 0 Å². The van der Waals surface area contributed by atoms with E-state index in [0.717, 1.165) is 5.57 Å². The van der Waals surface area contributed by atoms with Gasteiger partial charge in [-0.2, -0.15) is 0 Å². The first-order chi connectivity index (χ1) is 10.3. The van der Waals surface area contributed by atoms with Gasteiger partial charge in [0.1, 0.15) is 0 Å². The Hall–Kier alpha value is -1.34. The number of hydrogen-bond donors (Lipinski definition) is 0. The Kier molecular flexibility index (Phi) is 7.09. The molecule has 0 radical (unpaired) electrons. The van der Waals surface area contributed by atoms with Crippen molar-refractivity contribution in [1.82, 2.24) is 0 Å². The van der Waals surface area contributed by atoms with Crippen LogP contribution in [0.1, 0.15) is 53.9 Å². The minimum absolute atomic E-state index is 0.252. The molecule has 1 nitrogen and oxygen atoms in total. The molecule has 0 fully saturated rings. The summed E-state index contributed by atoms with van der Waals surface area (Å²) in [6.07, 6.45) is 14.6. The first-order valence-corrected chi connectivity index (χ1v) is 8.20. The largest absolute Gasteiger partial charge is 0.297 e. The summed E-state index contributed by atoms with van der Waals surface area (Å²) in [7, 11) is 0. The van der Waals surface area contributed by atoms with Crippen LogP contribution in [0.2, 0.25) is 0 Å². The van der Waals surface area contributed by atoms with Crippen LogP contribution in [0.4, 0.5) is 0 Å². The summed E-state index contributed by atoms with van der Waals surface area (Å²) in [5.41, 5.74) is 5.19. The van der Waals surface area contributed by atoms with Gasteiger partial charge in [-0.15, -0.1) is 0 Å². The third-order valence-corrected chi connectivity index (χ3v) is 4.63. The summed E-state index contributed by atoms with van der Waals surface area (Å²) in [6, 6.07) is 0. The van der Waals surface area contributed by atoms with E-state index in [1.165, 1.54) is 36.0 Å². The molecule has 0 aromatic rings. The summed E-state index contributed by atoms with van der Waals surface area (Å²) in [4.78, 5) is 10.6. The van der Waals surface area contributed by atoms with Crippen LogP contribution in [0, 0.1) is 5.41 Å². The van der Waals surface area contributed by atoms with Crippen LogP contribution in [-0.2, 0) is 4.79 Å². The number of aldehydes is 1. The molecule has 22 heavy (non-hydrogen) atoms. The molecule has 0 bridgehead atoms. The van der Waals surface area contributed by atoms with Crippen LogP contribution in [0.5, 0.6) is 0 Å². The lowest BCUT2D eigenvalue weighted by Crippen LogP contribution is -2.19. The van der Waals surface area contributed by atoms with E-state index >= 15 is 0 Å². The molecule has 0 atom stereocenters. The fraction of sp³-hybridized carbons (Fsp3) is 0.450. The second-order valence-corrected chi connectivity index (χ2v) is 7.09. The molecule has 0 aromatic heterocycles. The Morgan fingerprint density at radius 1 is 1.23 bits per heavy atom. The van der Waals surface area contributed by atoms with Crippen molar-refractivity contribution in [3.63, 3.8) is 0 Å². The second-order valence-electron chi connectivity index (χ2n) is 6.68. The van der Waals surface area contributed by atoms with E-state index in [0.29, 0.717) is 6.29 Å². The summed E-state index contributed by atoms with van der Waals surface area (Å²) in [5, 5.41) is 0.252. The molecule has 0 amide bonds. The second kappa shape index (κ2) is 8.33. The van der Waals surface area contributed by atoms with Gasteiger partial charge < -0.3 is 0 Å². The first kappa shape index (κ1) is 18.7. The summed E-state index contributed by atoms with van der Waals surface area (Å²) in [6.45, 7) is 10.8. The highest BCUT2D eigenvalue weighted by Crippen LogP contribution is 2.40. The number of carbonyl (C=O) groups excluding carboxylic acids is 1. The highest BCUT2D eigenvalue weighted by atomic mass is 35.5. The van der Waals surface area contributed by atoms with Crippen molar-refractivity contribution >= 4 is 17.9 Å². The van der Waals surface area contributed by atoms with E-state index in [1.807, 2.05) is 25.2 Å². The zero-order chi connectivity index (χ0) is 16.8. The fourth-order valence-electron chi connectivity index (χ4n) is 2.80. The van der Waals surface area contributed by atoms with Gasteiger partial charge in [-0.25, -0.2) is 0 Å². The van der Waals surface area contributed by atoms with Crippen molar-refractivity contribution in [2.45, 2.75) is 53.9 Å². The molecular formula is C20H27ClO. The highest BCUT2D eigenvalue weighted by molar-refractivity contribution is 6.39. The van der Waals surface area contributed by atoms with Gasteiger partial charge in [0.25, 0.3) is 0 Å². The SMILES string of the molecule is CC1=C(/C=C/C(C)=C/C=C\C(C)=C(/Cl)C=O)C(C)(C)CCC1. The van der Waals surface area contributed by atoms with E-state index in [9.17, 15) is 4.79 Å². The summed E-state index contributed by atoms with van der Waals surface area (Å²) in [5.74, 6) is 0. The molecular weight excluding hydrogens is 292 g/mol. The maximum absolute atomic E-state index is 10.6. The topological polar surface area (TPSA) is 17.1 Å². The molecule has 1 aliphatic carbocycles. The lowest BCUT2D eigenvalue weighted by Gasteiger charge is -2.32. The molecule has 0 heterocycles. The van der Waals surface area contributed by atoms with Gasteiger partial charge in [0.05, 0.1) is 5.03 Å². The van der Waals surface area contributed by atoms with Crippen molar-refractivity contribution in [2.24, 2.45) is 5.41 Å². The zero-order valence-electron chi connectivity index (χ0n) is 14.4. The normalized spacial score (nSPS) is 20.7. The molecule has 1 rings (SSSR count). The molecule has 2 heteroatoms. The van der Waals surface area contributed by atoms with E-state index < -0.39 is 0 Å². The minimum Gasteiger partial charge on any atom is -0.297 e. The minimum atomic E-state index is 0.252. The number of carbonyl (C=O) groups is 1. The lowest BCUT2D eigenvalue weighted by molar-refractivity contribution is -0.104. The van der Waals surface area contributed by atoms with Crippen molar-refractivity contribution < 1.29 is 4.79 Å². The van der Waals surface area contributed by atoms with Gasteiger partial charge in [-0.3, -0.25) is 4.79 Å². The Bertz CT molecular complexity index is 569. The van der Waals surface area contributed by atoms with Gasteiger partial charge in [-0.05, 0) is 56.6 Å². The van der Waals surface area contributed by atoms with Crippen molar-refractivity contribution in [1.29, 1.82) is 0 Å². The number of hydrogen-bond acceptors (Lipinski definition) is 1. The summed E-state index contributed by atoms with van der Waals surface area (Å²) >= 11 is 5.76. The average molecular weight is 319 g/mol. The van der Waals surface area contributed by atoms with Gasteiger partial charge in [0.15, 0.2) is 6.29 Å². The Morgan fingerprint density at radius 2 is 1.91 bits per heavy atom.